The summed E-state index contributed by atoms with van der Waals surface area (Å²) in [5.74, 6) is 0.943. The molecule has 7 heteroatoms. The first-order valence-corrected chi connectivity index (χ1v) is 5.22. The second kappa shape index (κ2) is 3.95. The van der Waals surface area contributed by atoms with Crippen molar-refractivity contribution in [1.82, 2.24) is 25.1 Å². The summed E-state index contributed by atoms with van der Waals surface area (Å²) in [5.41, 5.74) is 1.28. The van der Waals surface area contributed by atoms with E-state index in [2.05, 4.69) is 20.3 Å². The van der Waals surface area contributed by atoms with Gasteiger partial charge < -0.3 is 9.63 Å². The van der Waals surface area contributed by atoms with Gasteiger partial charge in [0.1, 0.15) is 5.75 Å². The van der Waals surface area contributed by atoms with Gasteiger partial charge in [-0.05, 0) is 24.3 Å². The molecule has 90 valence electrons. The minimum atomic E-state index is 0.191. The molecule has 0 aliphatic carbocycles. The second-order valence-electron chi connectivity index (χ2n) is 3.69. The molecule has 2 heterocycles. The third-order valence-electron chi connectivity index (χ3n) is 2.37. The molecule has 2 aromatic heterocycles. The maximum atomic E-state index is 9.20. The van der Waals surface area contributed by atoms with E-state index in [1.54, 1.807) is 37.5 Å². The smallest absolute Gasteiger partial charge is 0.280 e. The van der Waals surface area contributed by atoms with Crippen molar-refractivity contribution in [3.8, 4) is 28.7 Å². The molecule has 3 rings (SSSR count). The predicted octanol–water partition coefficient (Wildman–Crippen LogP) is 1.24. The van der Waals surface area contributed by atoms with Gasteiger partial charge in [0.25, 0.3) is 5.89 Å². The SMILES string of the molecule is Cn1ncc(-c2nc(-c3ccc(O)cc3)no2)n1. The molecule has 0 saturated heterocycles. The van der Waals surface area contributed by atoms with E-state index in [0.29, 0.717) is 17.4 Å². The maximum absolute atomic E-state index is 9.20. The summed E-state index contributed by atoms with van der Waals surface area (Å²) in [7, 11) is 1.71. The molecule has 0 radical (unpaired) electrons. The minimum absolute atomic E-state index is 0.191. The molecule has 0 saturated carbocycles. The molecule has 3 aromatic rings. The lowest BCUT2D eigenvalue weighted by Gasteiger charge is -1.93. The molecule has 0 aliphatic rings. The van der Waals surface area contributed by atoms with E-state index in [0.717, 1.165) is 5.56 Å². The van der Waals surface area contributed by atoms with Gasteiger partial charge in [-0.15, -0.1) is 5.10 Å². The molecule has 1 aromatic carbocycles. The number of phenolic OH excluding ortho intramolecular Hbond substituents is 1. The Morgan fingerprint density at radius 2 is 2.00 bits per heavy atom. The Labute approximate surface area is 102 Å². The Balaban J connectivity index is 1.96. The van der Waals surface area contributed by atoms with Crippen molar-refractivity contribution in [2.24, 2.45) is 7.05 Å². The van der Waals surface area contributed by atoms with Gasteiger partial charge in [-0.1, -0.05) is 5.16 Å². The predicted molar refractivity (Wildman–Crippen MR) is 61.4 cm³/mol. The molecular formula is C11H9N5O2. The molecular weight excluding hydrogens is 234 g/mol. The molecule has 0 unspecified atom stereocenters. The van der Waals surface area contributed by atoms with Crippen LogP contribution in [0.1, 0.15) is 0 Å². The number of benzene rings is 1. The van der Waals surface area contributed by atoms with Crippen LogP contribution in [-0.2, 0) is 7.05 Å². The number of rotatable bonds is 2. The third kappa shape index (κ3) is 1.81. The summed E-state index contributed by atoms with van der Waals surface area (Å²) in [4.78, 5) is 5.63. The maximum Gasteiger partial charge on any atom is 0.280 e. The Kier molecular flexibility index (Phi) is 2.30. The van der Waals surface area contributed by atoms with E-state index in [4.69, 9.17) is 4.52 Å². The van der Waals surface area contributed by atoms with Gasteiger partial charge in [0.05, 0.1) is 6.20 Å². The first-order valence-electron chi connectivity index (χ1n) is 5.22. The van der Waals surface area contributed by atoms with E-state index < -0.39 is 0 Å². The minimum Gasteiger partial charge on any atom is -0.508 e. The van der Waals surface area contributed by atoms with E-state index in [1.165, 1.54) is 4.80 Å². The fraction of sp³-hybridized carbons (Fsp3) is 0.0909. The highest BCUT2D eigenvalue weighted by molar-refractivity contribution is 5.58. The van der Waals surface area contributed by atoms with Crippen LogP contribution in [0.5, 0.6) is 5.75 Å². The lowest BCUT2D eigenvalue weighted by atomic mass is 10.2. The zero-order chi connectivity index (χ0) is 12.5. The number of aromatic hydroxyl groups is 1. The van der Waals surface area contributed by atoms with Gasteiger partial charge in [-0.25, -0.2) is 0 Å². The van der Waals surface area contributed by atoms with Gasteiger partial charge in [0.15, 0.2) is 5.69 Å². The highest BCUT2D eigenvalue weighted by Gasteiger charge is 2.13. The summed E-state index contributed by atoms with van der Waals surface area (Å²) in [6.07, 6.45) is 1.55. The molecule has 7 nitrogen and oxygen atoms in total. The Hall–Kier alpha value is -2.70. The fourth-order valence-corrected chi connectivity index (χ4v) is 1.50. The topological polar surface area (TPSA) is 89.9 Å². The number of aromatic nitrogens is 5. The van der Waals surface area contributed by atoms with Crippen LogP contribution in [0.2, 0.25) is 0 Å². The van der Waals surface area contributed by atoms with Crippen LogP contribution < -0.4 is 0 Å². The molecule has 0 atom stereocenters. The highest BCUT2D eigenvalue weighted by Crippen LogP contribution is 2.21. The summed E-state index contributed by atoms with van der Waals surface area (Å²) in [6.45, 7) is 0. The fourth-order valence-electron chi connectivity index (χ4n) is 1.50. The van der Waals surface area contributed by atoms with Crippen molar-refractivity contribution in [3.05, 3.63) is 30.5 Å². The summed E-state index contributed by atoms with van der Waals surface area (Å²) >= 11 is 0. The van der Waals surface area contributed by atoms with Crippen LogP contribution >= 0.6 is 0 Å². The van der Waals surface area contributed by atoms with Crippen LogP contribution in [-0.4, -0.2) is 30.2 Å². The summed E-state index contributed by atoms with van der Waals surface area (Å²) in [6, 6.07) is 6.54. The molecule has 18 heavy (non-hydrogen) atoms. The van der Waals surface area contributed by atoms with E-state index in [-0.39, 0.29) is 5.75 Å². The second-order valence-corrected chi connectivity index (χ2v) is 3.69. The van der Waals surface area contributed by atoms with Crippen molar-refractivity contribution in [1.29, 1.82) is 0 Å². The Morgan fingerprint density at radius 1 is 1.22 bits per heavy atom. The zero-order valence-corrected chi connectivity index (χ0v) is 9.48. The van der Waals surface area contributed by atoms with Gasteiger partial charge in [0, 0.05) is 12.6 Å². The van der Waals surface area contributed by atoms with Crippen molar-refractivity contribution in [3.63, 3.8) is 0 Å². The molecule has 0 aliphatic heterocycles. The van der Waals surface area contributed by atoms with Gasteiger partial charge in [0.2, 0.25) is 5.82 Å². The number of hydrogen-bond acceptors (Lipinski definition) is 6. The third-order valence-corrected chi connectivity index (χ3v) is 2.37. The zero-order valence-electron chi connectivity index (χ0n) is 9.48. The van der Waals surface area contributed by atoms with Crippen LogP contribution in [0, 0.1) is 0 Å². The first kappa shape index (κ1) is 10.5. The lowest BCUT2D eigenvalue weighted by Crippen LogP contribution is -1.91. The largest absolute Gasteiger partial charge is 0.508 e. The highest BCUT2D eigenvalue weighted by atomic mass is 16.5. The standard InChI is InChI=1S/C11H9N5O2/c1-16-12-6-9(14-16)11-13-10(15-18-11)7-2-4-8(17)5-3-7/h2-6,17H,1H3. The number of hydrogen-bond donors (Lipinski definition) is 1. The van der Waals surface area contributed by atoms with E-state index in [9.17, 15) is 5.11 Å². The van der Waals surface area contributed by atoms with Crippen molar-refractivity contribution in [2.75, 3.05) is 0 Å². The lowest BCUT2D eigenvalue weighted by molar-refractivity contribution is 0.430. The van der Waals surface area contributed by atoms with Crippen LogP contribution in [0.25, 0.3) is 23.0 Å². The Bertz CT molecular complexity index is 671. The average molecular weight is 243 g/mol. The summed E-state index contributed by atoms with van der Waals surface area (Å²) < 4.78 is 5.11. The number of aryl methyl sites for hydroxylation is 1. The summed E-state index contributed by atoms with van der Waals surface area (Å²) in [5, 5.41) is 21.1. The quantitative estimate of drug-likeness (QED) is 0.728. The van der Waals surface area contributed by atoms with E-state index in [1.807, 2.05) is 0 Å². The Morgan fingerprint density at radius 3 is 2.67 bits per heavy atom. The van der Waals surface area contributed by atoms with Crippen molar-refractivity contribution >= 4 is 0 Å². The van der Waals surface area contributed by atoms with Crippen LogP contribution in [0.3, 0.4) is 0 Å². The van der Waals surface area contributed by atoms with E-state index >= 15 is 0 Å². The average Bonchev–Trinajstić information content (AvgIpc) is 2.98. The van der Waals surface area contributed by atoms with Crippen LogP contribution in [0.15, 0.2) is 35.0 Å². The first-order chi connectivity index (χ1) is 8.72. The monoisotopic (exact) mass is 243 g/mol. The number of nitrogens with zero attached hydrogens (tertiary/aromatic N) is 5. The van der Waals surface area contributed by atoms with Gasteiger partial charge in [-0.3, -0.25) is 0 Å². The normalized spacial score (nSPS) is 10.7. The number of phenols is 1. The molecule has 0 fully saturated rings. The van der Waals surface area contributed by atoms with Crippen molar-refractivity contribution in [2.45, 2.75) is 0 Å². The molecule has 0 amide bonds. The molecule has 1 N–H and O–H groups in total. The van der Waals surface area contributed by atoms with Crippen LogP contribution in [0.4, 0.5) is 0 Å². The van der Waals surface area contributed by atoms with Gasteiger partial charge in [-0.2, -0.15) is 14.9 Å². The van der Waals surface area contributed by atoms with Gasteiger partial charge >= 0.3 is 0 Å². The molecule has 0 spiro atoms. The van der Waals surface area contributed by atoms with Crippen molar-refractivity contribution < 1.29 is 9.63 Å². The molecule has 0 bridgehead atoms.